The Balaban J connectivity index is 0.000000105. The molecule has 0 amide bonds. The Bertz CT molecular complexity index is 8900. The largest absolute Gasteiger partial charge is 0.455 e. The van der Waals surface area contributed by atoms with Crippen LogP contribution in [0, 0.1) is 6.57 Å². The molecule has 123 heavy (non-hydrogen) atoms. The van der Waals surface area contributed by atoms with Crippen LogP contribution < -0.4 is 0 Å². The zero-order chi connectivity index (χ0) is 81.2. The van der Waals surface area contributed by atoms with Crippen LogP contribution in [0.25, 0.3) is 257 Å². The first-order valence-electron chi connectivity index (χ1n) is 41.5. The van der Waals surface area contributed by atoms with Crippen molar-refractivity contribution in [2.24, 2.45) is 0 Å². The molecule has 0 N–H and O–H groups in total. The molecule has 7 heteroatoms. The summed E-state index contributed by atoms with van der Waals surface area (Å²) < 4.78 is 20.2. The smallest absolute Gasteiger partial charge is 0.187 e. The normalized spacial score (nSPS) is 11.7. The number of fused-ring (bicyclic) bond motifs is 25. The van der Waals surface area contributed by atoms with Gasteiger partial charge in [0.2, 0.25) is 0 Å². The van der Waals surface area contributed by atoms with E-state index in [2.05, 4.69) is 362 Å². The molecule has 0 saturated heterocycles. The molecule has 0 spiro atoms. The number of rotatable bonds is 7. The standard InChI is InChI=1S/C44H26N2O.C37H21NO.C35H21NO/c1-2-13-28(14-3-1)42-36-20-10-11-21-38(36)45-44(46-42)35-24-23-34(32-18-8-9-19-33(32)35)37-26-29-15-5-7-17-31(29)41-40-30-16-6-4-12-27(30)22-25-39(40)47-43(37)41;1-38-26-17-14-24(15-18-26)27-19-20-32(31-13-7-6-12-30(27)31)33-22-25-9-3-5-11-29(25)36-35-28-10-4-2-8-23(28)16-21-34(35)39-37(33)36;1-3-11-26-22(8-1)15-18-32-33(26)34-27-12-4-2-9-23(27)20-31(35(34)37-32)30-17-16-25(24-10-7-19-36-21-24)28-13-5-6-14-29(28)30/h1-26H;2-22H;1-21H. The maximum Gasteiger partial charge on any atom is 0.187 e. The number of benzene rings is 21. The van der Waals surface area contributed by atoms with Gasteiger partial charge in [-0.1, -0.05) is 346 Å². The van der Waals surface area contributed by atoms with E-state index in [9.17, 15) is 0 Å². The number of hydrogen-bond donors (Lipinski definition) is 0. The molecular weight excluding hydrogens is 1500 g/mol. The molecule has 5 heterocycles. The third-order valence-corrected chi connectivity index (χ3v) is 24.9. The van der Waals surface area contributed by atoms with Gasteiger partial charge in [0.05, 0.1) is 17.8 Å². The van der Waals surface area contributed by atoms with E-state index in [1.165, 1.54) is 113 Å². The average Bonchev–Trinajstić information content (AvgIpc) is 1.59. The number of furan rings is 3. The van der Waals surface area contributed by atoms with Crippen LogP contribution in [0.3, 0.4) is 0 Å². The summed E-state index contributed by atoms with van der Waals surface area (Å²) in [5, 5.41) is 29.5. The van der Waals surface area contributed by atoms with E-state index in [-0.39, 0.29) is 0 Å². The molecular formula is C116H68N4O3. The minimum absolute atomic E-state index is 0.649. The molecule has 0 aliphatic heterocycles. The van der Waals surface area contributed by atoms with Gasteiger partial charge in [0.25, 0.3) is 0 Å². The number of hydrogen-bond acceptors (Lipinski definition) is 6. The van der Waals surface area contributed by atoms with Crippen molar-refractivity contribution in [2.75, 3.05) is 0 Å². The fourth-order valence-electron chi connectivity index (χ4n) is 19.3. The molecule has 0 bridgehead atoms. The first-order chi connectivity index (χ1) is 61.0. The predicted molar refractivity (Wildman–Crippen MR) is 514 cm³/mol. The van der Waals surface area contributed by atoms with Gasteiger partial charge in [0.15, 0.2) is 11.5 Å². The molecule has 0 aliphatic rings. The Morgan fingerprint density at radius 1 is 0.220 bits per heavy atom. The second-order valence-electron chi connectivity index (χ2n) is 31.6. The summed E-state index contributed by atoms with van der Waals surface area (Å²) >= 11 is 0. The lowest BCUT2D eigenvalue weighted by molar-refractivity contribution is 0.670. The van der Waals surface area contributed by atoms with Crippen molar-refractivity contribution in [3.63, 3.8) is 0 Å². The van der Waals surface area contributed by atoms with Gasteiger partial charge in [-0.2, -0.15) is 0 Å². The molecule has 0 unspecified atom stereocenters. The zero-order valence-electron chi connectivity index (χ0n) is 66.3. The highest BCUT2D eigenvalue weighted by Crippen LogP contribution is 2.51. The topological polar surface area (TPSA) is 82.5 Å². The first kappa shape index (κ1) is 70.5. The fraction of sp³-hybridized carbons (Fsp3) is 0. The van der Waals surface area contributed by atoms with Crippen LogP contribution in [-0.4, -0.2) is 15.0 Å². The van der Waals surface area contributed by atoms with Gasteiger partial charge in [-0.05, 0) is 185 Å². The molecule has 0 aliphatic carbocycles. The second kappa shape index (κ2) is 28.9. The van der Waals surface area contributed by atoms with Crippen molar-refractivity contribution in [2.45, 2.75) is 0 Å². The van der Waals surface area contributed by atoms with Gasteiger partial charge in [0.1, 0.15) is 33.5 Å². The molecule has 0 saturated carbocycles. The Morgan fingerprint density at radius 2 is 0.545 bits per heavy atom. The molecule has 21 aromatic carbocycles. The van der Waals surface area contributed by atoms with Crippen LogP contribution in [0.1, 0.15) is 0 Å². The maximum atomic E-state index is 7.30. The highest BCUT2D eigenvalue weighted by molar-refractivity contribution is 6.33. The van der Waals surface area contributed by atoms with Crippen LogP contribution in [0.15, 0.2) is 426 Å². The van der Waals surface area contributed by atoms with Crippen LogP contribution in [0.5, 0.6) is 0 Å². The first-order valence-corrected chi connectivity index (χ1v) is 41.5. The number of pyridine rings is 1. The van der Waals surface area contributed by atoms with E-state index in [1.54, 1.807) is 0 Å². The van der Waals surface area contributed by atoms with Gasteiger partial charge in [-0.15, -0.1) is 0 Å². The van der Waals surface area contributed by atoms with Gasteiger partial charge in [-0.25, -0.2) is 14.8 Å². The van der Waals surface area contributed by atoms with Gasteiger partial charge >= 0.3 is 0 Å². The molecule has 5 aromatic heterocycles. The summed E-state index contributed by atoms with van der Waals surface area (Å²) in [7, 11) is 0. The SMILES string of the molecule is [C-]#[N+]c1ccc(-c2ccc(-c3cc4ccccc4c4c3oc3ccc5ccccc5c34)c3ccccc23)cc1.c1ccc(-c2nc(-c3ccc(-c4cc5ccccc5c5c4oc4ccc6ccccc6c45)c4ccccc34)nc3ccccc23)cc1.c1cncc(-c2ccc(-c3cc4ccccc4c4c3oc3ccc5ccccc5c34)c3ccccc23)c1. The number of aromatic nitrogens is 3. The third kappa shape index (κ3) is 11.6. The van der Waals surface area contributed by atoms with E-state index in [4.69, 9.17) is 29.8 Å². The lowest BCUT2D eigenvalue weighted by Crippen LogP contribution is -1.96. The molecule has 570 valence electrons. The summed E-state index contributed by atoms with van der Waals surface area (Å²) in [6.07, 6.45) is 3.75. The van der Waals surface area contributed by atoms with Crippen molar-refractivity contribution in [1.82, 2.24) is 15.0 Å². The van der Waals surface area contributed by atoms with Gasteiger partial charge in [0, 0.05) is 83.5 Å². The molecule has 26 rings (SSSR count). The van der Waals surface area contributed by atoms with Crippen molar-refractivity contribution in [3.8, 4) is 78.3 Å². The average molecular weight is 1570 g/mol. The Morgan fingerprint density at radius 3 is 0.951 bits per heavy atom. The van der Waals surface area contributed by atoms with Crippen molar-refractivity contribution >= 4 is 179 Å². The Kier molecular flexibility index (Phi) is 16.6. The summed E-state index contributed by atoms with van der Waals surface area (Å²) in [4.78, 5) is 18.2. The van der Waals surface area contributed by atoms with Gasteiger partial charge in [-0.3, -0.25) is 4.98 Å². The third-order valence-electron chi connectivity index (χ3n) is 24.9. The van der Waals surface area contributed by atoms with Gasteiger partial charge < -0.3 is 13.3 Å². The summed E-state index contributed by atoms with van der Waals surface area (Å²) in [6, 6.07) is 141. The Hall–Kier alpha value is -16.7. The van der Waals surface area contributed by atoms with Crippen molar-refractivity contribution in [3.05, 3.63) is 424 Å². The van der Waals surface area contributed by atoms with E-state index in [1.807, 2.05) is 60.9 Å². The minimum Gasteiger partial charge on any atom is -0.455 e. The summed E-state index contributed by atoms with van der Waals surface area (Å²) in [5.74, 6) is 0.712. The molecule has 26 aromatic rings. The Labute approximate surface area is 705 Å². The lowest BCUT2D eigenvalue weighted by atomic mass is 9.89. The molecule has 7 nitrogen and oxygen atoms in total. The van der Waals surface area contributed by atoms with Crippen LogP contribution in [0.2, 0.25) is 0 Å². The minimum atomic E-state index is 0.649. The van der Waals surface area contributed by atoms with Crippen LogP contribution in [-0.2, 0) is 0 Å². The van der Waals surface area contributed by atoms with Crippen molar-refractivity contribution in [1.29, 1.82) is 0 Å². The number of nitrogens with zero attached hydrogens (tertiary/aromatic N) is 4. The second-order valence-corrected chi connectivity index (χ2v) is 31.6. The highest BCUT2D eigenvalue weighted by atomic mass is 16.3. The quantitative estimate of drug-likeness (QED) is 0.148. The molecule has 0 radical (unpaired) electrons. The summed E-state index contributed by atoms with van der Waals surface area (Å²) in [5.41, 5.74) is 21.3. The highest BCUT2D eigenvalue weighted by Gasteiger charge is 2.26. The lowest BCUT2D eigenvalue weighted by Gasteiger charge is -2.14. The monoisotopic (exact) mass is 1560 g/mol. The van der Waals surface area contributed by atoms with Crippen LogP contribution >= 0.6 is 0 Å². The van der Waals surface area contributed by atoms with Crippen molar-refractivity contribution < 1.29 is 13.3 Å². The van der Waals surface area contributed by atoms with E-state index >= 15 is 0 Å². The van der Waals surface area contributed by atoms with Crippen LogP contribution in [0.4, 0.5) is 5.69 Å². The maximum absolute atomic E-state index is 7.30. The fourth-order valence-corrected chi connectivity index (χ4v) is 19.3. The molecule has 0 atom stereocenters. The zero-order valence-corrected chi connectivity index (χ0v) is 66.3. The van der Waals surface area contributed by atoms with E-state index in [0.29, 0.717) is 11.5 Å². The molecule has 0 fully saturated rings. The number of para-hydroxylation sites is 1. The summed E-state index contributed by atoms with van der Waals surface area (Å²) in [6.45, 7) is 7.30. The predicted octanol–water partition coefficient (Wildman–Crippen LogP) is 32.7. The van der Waals surface area contributed by atoms with E-state index in [0.717, 1.165) is 133 Å². The van der Waals surface area contributed by atoms with E-state index < -0.39 is 0 Å².